The molecule has 228 valence electrons. The van der Waals surface area contributed by atoms with E-state index in [1.54, 1.807) is 0 Å². The summed E-state index contributed by atoms with van der Waals surface area (Å²) < 4.78 is 0. The number of benzene rings is 9. The van der Waals surface area contributed by atoms with Crippen LogP contribution in [0.3, 0.4) is 0 Å². The van der Waals surface area contributed by atoms with E-state index in [0.29, 0.717) is 0 Å². The average molecular weight is 621 g/mol. The third kappa shape index (κ3) is 4.53. The average Bonchev–Trinajstić information content (AvgIpc) is 3.57. The molecule has 1 aliphatic rings. The summed E-state index contributed by atoms with van der Waals surface area (Å²) in [6.45, 7) is 0. The van der Waals surface area contributed by atoms with E-state index in [9.17, 15) is 0 Å². The molecule has 0 spiro atoms. The SMILES string of the molecule is c1ccc(-c2cc(-c3ccccc3)c3c(c2)-c2cccc(-c4cccc(-c5ccc6c7ccccc7c7ccccc7c6c5)c4)c2C3)cc1. The van der Waals surface area contributed by atoms with Gasteiger partial charge in [0.25, 0.3) is 0 Å². The standard InChI is InChI=1S/C49H32/c1-3-13-32(14-4-1)37-29-45(33-15-5-2-6-16-33)49-31-48-38(23-12-24-43(48)47(49)30-37)36-18-11-17-34(27-36)35-25-26-44-41-21-8-7-19-39(41)40-20-9-10-22-42(40)46(44)28-35/h1-30H,31H2. The van der Waals surface area contributed by atoms with Crippen molar-refractivity contribution >= 4 is 32.3 Å². The second-order valence-electron chi connectivity index (χ2n) is 13.2. The van der Waals surface area contributed by atoms with Crippen LogP contribution in [0.5, 0.6) is 0 Å². The molecule has 0 unspecified atom stereocenters. The second kappa shape index (κ2) is 11.2. The molecule has 0 heteroatoms. The van der Waals surface area contributed by atoms with E-state index >= 15 is 0 Å². The quantitative estimate of drug-likeness (QED) is 0.172. The Bertz CT molecular complexity index is 2680. The second-order valence-corrected chi connectivity index (χ2v) is 13.2. The van der Waals surface area contributed by atoms with Crippen molar-refractivity contribution in [2.24, 2.45) is 0 Å². The van der Waals surface area contributed by atoms with Gasteiger partial charge in [0.2, 0.25) is 0 Å². The lowest BCUT2D eigenvalue weighted by atomic mass is 9.90. The highest BCUT2D eigenvalue weighted by Gasteiger charge is 2.26. The van der Waals surface area contributed by atoms with Crippen molar-refractivity contribution in [3.8, 4) is 55.6 Å². The van der Waals surface area contributed by atoms with Crippen molar-refractivity contribution in [1.29, 1.82) is 0 Å². The van der Waals surface area contributed by atoms with E-state index in [1.807, 2.05) is 0 Å². The zero-order chi connectivity index (χ0) is 32.3. The molecule has 0 saturated heterocycles. The summed E-state index contributed by atoms with van der Waals surface area (Å²) >= 11 is 0. The van der Waals surface area contributed by atoms with Gasteiger partial charge in [-0.1, -0.05) is 158 Å². The molecule has 0 aliphatic heterocycles. The largest absolute Gasteiger partial charge is 0.0622 e. The maximum absolute atomic E-state index is 2.41. The summed E-state index contributed by atoms with van der Waals surface area (Å²) in [6, 6.07) is 67.1. The predicted octanol–water partition coefficient (Wildman–Crippen LogP) is 13.4. The third-order valence-electron chi connectivity index (χ3n) is 10.5. The molecule has 10 rings (SSSR count). The maximum atomic E-state index is 2.41. The van der Waals surface area contributed by atoms with Crippen molar-refractivity contribution in [1.82, 2.24) is 0 Å². The minimum atomic E-state index is 0.916. The topological polar surface area (TPSA) is 0 Å². The predicted molar refractivity (Wildman–Crippen MR) is 209 cm³/mol. The number of hydrogen-bond acceptors (Lipinski definition) is 0. The van der Waals surface area contributed by atoms with Gasteiger partial charge in [0.05, 0.1) is 0 Å². The number of rotatable bonds is 4. The van der Waals surface area contributed by atoms with Gasteiger partial charge in [-0.15, -0.1) is 0 Å². The molecule has 0 atom stereocenters. The first-order valence-electron chi connectivity index (χ1n) is 17.1. The van der Waals surface area contributed by atoms with Crippen molar-refractivity contribution in [3.05, 3.63) is 193 Å². The fourth-order valence-corrected chi connectivity index (χ4v) is 8.21. The first kappa shape index (κ1) is 27.8. The highest BCUT2D eigenvalue weighted by Crippen LogP contribution is 2.47. The highest BCUT2D eigenvalue weighted by molar-refractivity contribution is 6.25. The van der Waals surface area contributed by atoms with E-state index in [-0.39, 0.29) is 0 Å². The Morgan fingerprint density at radius 3 is 1.43 bits per heavy atom. The molecule has 49 heavy (non-hydrogen) atoms. The maximum Gasteiger partial charge on any atom is -0.000111 e. The van der Waals surface area contributed by atoms with E-state index in [0.717, 1.165) is 6.42 Å². The molecule has 0 fully saturated rings. The molecule has 1 aliphatic carbocycles. The Kier molecular flexibility index (Phi) is 6.35. The van der Waals surface area contributed by atoms with Crippen molar-refractivity contribution in [2.45, 2.75) is 6.42 Å². The summed E-state index contributed by atoms with van der Waals surface area (Å²) in [5, 5.41) is 7.83. The molecule has 0 N–H and O–H groups in total. The van der Waals surface area contributed by atoms with Gasteiger partial charge in [-0.05, 0) is 130 Å². The highest BCUT2D eigenvalue weighted by atomic mass is 14.3. The van der Waals surface area contributed by atoms with Crippen LogP contribution in [-0.2, 0) is 6.42 Å². The van der Waals surface area contributed by atoms with Gasteiger partial charge >= 0.3 is 0 Å². The lowest BCUT2D eigenvalue weighted by molar-refractivity contribution is 1.26. The fraction of sp³-hybridized carbons (Fsp3) is 0.0204. The van der Waals surface area contributed by atoms with Crippen molar-refractivity contribution in [3.63, 3.8) is 0 Å². The zero-order valence-corrected chi connectivity index (χ0v) is 27.0. The minimum Gasteiger partial charge on any atom is -0.0622 e. The minimum absolute atomic E-state index is 0.916. The summed E-state index contributed by atoms with van der Waals surface area (Å²) in [5.74, 6) is 0. The van der Waals surface area contributed by atoms with Crippen LogP contribution in [0.2, 0.25) is 0 Å². The molecular weight excluding hydrogens is 589 g/mol. The van der Waals surface area contributed by atoms with Crippen LogP contribution in [0.15, 0.2) is 182 Å². The van der Waals surface area contributed by atoms with Crippen LogP contribution in [0.25, 0.3) is 88.0 Å². The Hall–Kier alpha value is -6.24. The van der Waals surface area contributed by atoms with E-state index < -0.39 is 0 Å². The monoisotopic (exact) mass is 620 g/mol. The van der Waals surface area contributed by atoms with Gasteiger partial charge in [0.15, 0.2) is 0 Å². The Morgan fingerprint density at radius 1 is 0.224 bits per heavy atom. The van der Waals surface area contributed by atoms with Crippen LogP contribution in [-0.4, -0.2) is 0 Å². The Balaban J connectivity index is 1.11. The molecule has 0 bridgehead atoms. The third-order valence-corrected chi connectivity index (χ3v) is 10.5. The van der Waals surface area contributed by atoms with Crippen LogP contribution in [0.4, 0.5) is 0 Å². The number of fused-ring (bicyclic) bond motifs is 9. The van der Waals surface area contributed by atoms with Gasteiger partial charge in [0.1, 0.15) is 0 Å². The first-order valence-corrected chi connectivity index (χ1v) is 17.1. The van der Waals surface area contributed by atoms with Gasteiger partial charge < -0.3 is 0 Å². The summed E-state index contributed by atoms with van der Waals surface area (Å²) in [7, 11) is 0. The van der Waals surface area contributed by atoms with Gasteiger partial charge in [-0.2, -0.15) is 0 Å². The molecule has 9 aromatic rings. The molecule has 0 saturated carbocycles. The molecule has 0 nitrogen and oxygen atoms in total. The lowest BCUT2D eigenvalue weighted by Gasteiger charge is -2.13. The lowest BCUT2D eigenvalue weighted by Crippen LogP contribution is -1.91. The Labute approximate surface area is 286 Å². The summed E-state index contributed by atoms with van der Waals surface area (Å²) in [6.07, 6.45) is 0.916. The molecule has 0 aromatic heterocycles. The smallest absolute Gasteiger partial charge is 0.000111 e. The van der Waals surface area contributed by atoms with Crippen molar-refractivity contribution in [2.75, 3.05) is 0 Å². The molecule has 9 aromatic carbocycles. The van der Waals surface area contributed by atoms with Gasteiger partial charge in [0, 0.05) is 0 Å². The van der Waals surface area contributed by atoms with E-state index in [1.165, 1.54) is 99.1 Å². The van der Waals surface area contributed by atoms with E-state index in [2.05, 4.69) is 182 Å². The summed E-state index contributed by atoms with van der Waals surface area (Å²) in [5.41, 5.74) is 15.7. The fourth-order valence-electron chi connectivity index (χ4n) is 8.21. The van der Waals surface area contributed by atoms with Gasteiger partial charge in [-0.25, -0.2) is 0 Å². The van der Waals surface area contributed by atoms with Crippen LogP contribution in [0.1, 0.15) is 11.1 Å². The van der Waals surface area contributed by atoms with E-state index in [4.69, 9.17) is 0 Å². The van der Waals surface area contributed by atoms with Crippen LogP contribution in [0, 0.1) is 0 Å². The molecule has 0 heterocycles. The number of hydrogen-bond donors (Lipinski definition) is 0. The van der Waals surface area contributed by atoms with Crippen molar-refractivity contribution < 1.29 is 0 Å². The summed E-state index contributed by atoms with van der Waals surface area (Å²) in [4.78, 5) is 0. The molecular formula is C49H32. The zero-order valence-electron chi connectivity index (χ0n) is 27.0. The van der Waals surface area contributed by atoms with Crippen LogP contribution >= 0.6 is 0 Å². The van der Waals surface area contributed by atoms with Crippen LogP contribution < -0.4 is 0 Å². The molecule has 0 amide bonds. The normalized spacial score (nSPS) is 12.0. The first-order chi connectivity index (χ1) is 24.3. The van der Waals surface area contributed by atoms with Gasteiger partial charge in [-0.3, -0.25) is 0 Å². The Morgan fingerprint density at radius 2 is 0.714 bits per heavy atom. The molecule has 0 radical (unpaired) electrons.